The lowest BCUT2D eigenvalue weighted by Gasteiger charge is -2.07. The molecule has 0 aliphatic carbocycles. The first-order valence-electron chi connectivity index (χ1n) is 5.96. The van der Waals surface area contributed by atoms with E-state index in [1.54, 1.807) is 36.4 Å². The molecule has 0 aliphatic heterocycles. The minimum absolute atomic E-state index is 0.274. The highest BCUT2D eigenvalue weighted by Crippen LogP contribution is 2.15. The number of phenols is 1. The van der Waals surface area contributed by atoms with Gasteiger partial charge in [0.15, 0.2) is 0 Å². The maximum atomic E-state index is 10.7. The maximum absolute atomic E-state index is 10.7. The van der Waals surface area contributed by atoms with Crippen molar-refractivity contribution in [2.75, 3.05) is 0 Å². The van der Waals surface area contributed by atoms with Crippen molar-refractivity contribution in [2.24, 2.45) is 0 Å². The summed E-state index contributed by atoms with van der Waals surface area (Å²) in [6, 6.07) is 13.9. The Morgan fingerprint density at radius 1 is 1.00 bits per heavy atom. The molecule has 0 fully saturated rings. The molecule has 3 N–H and O–H groups in total. The van der Waals surface area contributed by atoms with Crippen LogP contribution in [0.1, 0.15) is 21.5 Å². The Labute approximate surface area is 111 Å². The Morgan fingerprint density at radius 3 is 2.32 bits per heavy atom. The van der Waals surface area contributed by atoms with E-state index in [1.165, 1.54) is 0 Å². The van der Waals surface area contributed by atoms with Crippen molar-refractivity contribution in [1.82, 2.24) is 5.32 Å². The fourth-order valence-corrected chi connectivity index (χ4v) is 1.77. The van der Waals surface area contributed by atoms with Crippen molar-refractivity contribution in [1.29, 1.82) is 0 Å². The highest BCUT2D eigenvalue weighted by atomic mass is 16.4. The number of benzene rings is 2. The fourth-order valence-electron chi connectivity index (χ4n) is 1.77. The van der Waals surface area contributed by atoms with Crippen molar-refractivity contribution in [3.63, 3.8) is 0 Å². The van der Waals surface area contributed by atoms with Crippen molar-refractivity contribution in [3.8, 4) is 5.75 Å². The molecule has 19 heavy (non-hydrogen) atoms. The molecule has 2 rings (SSSR count). The van der Waals surface area contributed by atoms with Crippen LogP contribution in [0.15, 0.2) is 48.5 Å². The third-order valence-electron chi connectivity index (χ3n) is 2.84. The van der Waals surface area contributed by atoms with Gasteiger partial charge in [0.2, 0.25) is 0 Å². The van der Waals surface area contributed by atoms with Crippen molar-refractivity contribution in [3.05, 3.63) is 65.2 Å². The lowest BCUT2D eigenvalue weighted by molar-refractivity contribution is 0.0697. The lowest BCUT2D eigenvalue weighted by atomic mass is 10.1. The second-order valence-electron chi connectivity index (χ2n) is 4.23. The smallest absolute Gasteiger partial charge is 0.335 e. The van der Waals surface area contributed by atoms with Gasteiger partial charge in [0.05, 0.1) is 5.56 Å². The number of hydrogen-bond acceptors (Lipinski definition) is 3. The summed E-state index contributed by atoms with van der Waals surface area (Å²) >= 11 is 0. The van der Waals surface area contributed by atoms with E-state index in [0.29, 0.717) is 13.1 Å². The van der Waals surface area contributed by atoms with Gasteiger partial charge >= 0.3 is 5.97 Å². The van der Waals surface area contributed by atoms with Crippen LogP contribution in [0.5, 0.6) is 5.75 Å². The van der Waals surface area contributed by atoms with Gasteiger partial charge in [0.25, 0.3) is 0 Å². The molecule has 4 nitrogen and oxygen atoms in total. The minimum atomic E-state index is -0.922. The molecule has 0 radical (unpaired) electrons. The summed E-state index contributed by atoms with van der Waals surface area (Å²) in [5.74, 6) is -0.648. The number of para-hydroxylation sites is 1. The molecule has 0 unspecified atom stereocenters. The molecule has 4 heteroatoms. The Bertz CT molecular complexity index is 564. The van der Waals surface area contributed by atoms with E-state index in [-0.39, 0.29) is 11.3 Å². The van der Waals surface area contributed by atoms with E-state index in [2.05, 4.69) is 5.32 Å². The number of phenolic OH excluding ortho intramolecular Hbond substituents is 1. The highest BCUT2D eigenvalue weighted by molar-refractivity contribution is 5.87. The van der Waals surface area contributed by atoms with Gasteiger partial charge in [-0.1, -0.05) is 30.3 Å². The first kappa shape index (κ1) is 13.1. The minimum Gasteiger partial charge on any atom is -0.508 e. The standard InChI is InChI=1S/C15H15NO3/c17-14-4-2-1-3-13(14)10-16-9-11-5-7-12(8-6-11)15(18)19/h1-8,16-17H,9-10H2,(H,18,19). The van der Waals surface area contributed by atoms with Gasteiger partial charge in [-0.05, 0) is 23.8 Å². The molecule has 0 atom stereocenters. The van der Waals surface area contributed by atoms with Crippen LogP contribution in [0.4, 0.5) is 0 Å². The van der Waals surface area contributed by atoms with Crippen molar-refractivity contribution < 1.29 is 15.0 Å². The second-order valence-corrected chi connectivity index (χ2v) is 4.23. The van der Waals surface area contributed by atoms with Crippen LogP contribution in [0.25, 0.3) is 0 Å². The zero-order chi connectivity index (χ0) is 13.7. The normalized spacial score (nSPS) is 10.3. The molecule has 2 aromatic carbocycles. The van der Waals surface area contributed by atoms with Crippen LogP contribution in [-0.2, 0) is 13.1 Å². The Hall–Kier alpha value is -2.33. The van der Waals surface area contributed by atoms with Crippen LogP contribution in [0.3, 0.4) is 0 Å². The molecule has 0 amide bonds. The van der Waals surface area contributed by atoms with Crippen molar-refractivity contribution in [2.45, 2.75) is 13.1 Å². The van der Waals surface area contributed by atoms with Crippen molar-refractivity contribution >= 4 is 5.97 Å². The zero-order valence-electron chi connectivity index (χ0n) is 10.3. The number of aromatic carboxylic acids is 1. The Morgan fingerprint density at radius 2 is 1.68 bits per heavy atom. The largest absolute Gasteiger partial charge is 0.508 e. The predicted octanol–water partition coefficient (Wildman–Crippen LogP) is 2.38. The number of hydrogen-bond donors (Lipinski definition) is 3. The van der Waals surface area contributed by atoms with Crippen LogP contribution in [0, 0.1) is 0 Å². The van der Waals surface area contributed by atoms with Crippen LogP contribution < -0.4 is 5.32 Å². The molecule has 0 spiro atoms. The second kappa shape index (κ2) is 6.02. The Balaban J connectivity index is 1.89. The molecule has 98 valence electrons. The molecule has 0 bridgehead atoms. The topological polar surface area (TPSA) is 69.6 Å². The number of aromatic hydroxyl groups is 1. The van der Waals surface area contributed by atoms with Gasteiger partial charge in [0.1, 0.15) is 5.75 Å². The predicted molar refractivity (Wildman–Crippen MR) is 72.1 cm³/mol. The number of nitrogens with one attached hydrogen (secondary N) is 1. The summed E-state index contributed by atoms with van der Waals surface area (Å²) < 4.78 is 0. The summed E-state index contributed by atoms with van der Waals surface area (Å²) in [6.07, 6.45) is 0. The first-order valence-corrected chi connectivity index (χ1v) is 5.96. The third kappa shape index (κ3) is 3.56. The van der Waals surface area contributed by atoms with E-state index in [0.717, 1.165) is 11.1 Å². The summed E-state index contributed by atoms with van der Waals surface area (Å²) in [7, 11) is 0. The first-order chi connectivity index (χ1) is 9.16. The molecular weight excluding hydrogens is 242 g/mol. The molecule has 0 aromatic heterocycles. The summed E-state index contributed by atoms with van der Waals surface area (Å²) in [6.45, 7) is 1.18. The highest BCUT2D eigenvalue weighted by Gasteiger charge is 2.02. The number of rotatable bonds is 5. The van der Waals surface area contributed by atoms with Gasteiger partial charge in [-0.3, -0.25) is 0 Å². The maximum Gasteiger partial charge on any atom is 0.335 e. The van der Waals surface area contributed by atoms with Gasteiger partial charge in [-0.2, -0.15) is 0 Å². The quantitative estimate of drug-likeness (QED) is 0.769. The van der Waals surface area contributed by atoms with Gasteiger partial charge in [0, 0.05) is 18.7 Å². The molecule has 0 saturated carbocycles. The summed E-state index contributed by atoms with van der Waals surface area (Å²) in [4.78, 5) is 10.7. The summed E-state index contributed by atoms with van der Waals surface area (Å²) in [5.41, 5.74) is 2.12. The van der Waals surface area contributed by atoms with Crippen LogP contribution >= 0.6 is 0 Å². The zero-order valence-corrected chi connectivity index (χ0v) is 10.3. The van der Waals surface area contributed by atoms with E-state index in [1.807, 2.05) is 12.1 Å². The average molecular weight is 257 g/mol. The van der Waals surface area contributed by atoms with Gasteiger partial charge < -0.3 is 15.5 Å². The fraction of sp³-hybridized carbons (Fsp3) is 0.133. The van der Waals surface area contributed by atoms with E-state index < -0.39 is 5.97 Å². The van der Waals surface area contributed by atoms with E-state index in [4.69, 9.17) is 5.11 Å². The number of carboxylic acid groups (broad SMARTS) is 1. The van der Waals surface area contributed by atoms with E-state index >= 15 is 0 Å². The Kier molecular flexibility index (Phi) is 4.15. The number of carboxylic acids is 1. The number of carbonyl (C=O) groups is 1. The third-order valence-corrected chi connectivity index (χ3v) is 2.84. The molecular formula is C15H15NO3. The van der Waals surface area contributed by atoms with E-state index in [9.17, 15) is 9.90 Å². The van der Waals surface area contributed by atoms with Crippen LogP contribution in [-0.4, -0.2) is 16.2 Å². The van der Waals surface area contributed by atoms with Gasteiger partial charge in [-0.15, -0.1) is 0 Å². The lowest BCUT2D eigenvalue weighted by Crippen LogP contribution is -2.12. The molecule has 0 aliphatic rings. The monoisotopic (exact) mass is 257 g/mol. The van der Waals surface area contributed by atoms with Crippen LogP contribution in [0.2, 0.25) is 0 Å². The average Bonchev–Trinajstić information content (AvgIpc) is 2.41. The van der Waals surface area contributed by atoms with Gasteiger partial charge in [-0.25, -0.2) is 4.79 Å². The SMILES string of the molecule is O=C(O)c1ccc(CNCc2ccccc2O)cc1. The summed E-state index contributed by atoms with van der Waals surface area (Å²) in [5, 5.41) is 21.6. The molecule has 2 aromatic rings. The molecule has 0 heterocycles. The molecule has 0 saturated heterocycles.